The molecule has 0 spiro atoms. The second-order valence-electron chi connectivity index (χ2n) is 5.14. The highest BCUT2D eigenvalue weighted by molar-refractivity contribution is 9.10. The van der Waals surface area contributed by atoms with Crippen molar-refractivity contribution in [2.24, 2.45) is 0 Å². The molecular weight excluding hydrogens is 330 g/mol. The van der Waals surface area contributed by atoms with Crippen molar-refractivity contribution in [2.45, 2.75) is 13.0 Å². The van der Waals surface area contributed by atoms with Crippen LogP contribution in [-0.4, -0.2) is 25.0 Å². The van der Waals surface area contributed by atoms with Crippen molar-refractivity contribution in [1.82, 2.24) is 5.32 Å². The molecule has 1 aliphatic heterocycles. The zero-order chi connectivity index (χ0) is 14.8. The van der Waals surface area contributed by atoms with Crippen LogP contribution in [0.25, 0.3) is 0 Å². The van der Waals surface area contributed by atoms with Gasteiger partial charge in [0.15, 0.2) is 5.78 Å². The fourth-order valence-corrected chi connectivity index (χ4v) is 2.57. The van der Waals surface area contributed by atoms with Gasteiger partial charge in [0, 0.05) is 28.7 Å². The third-order valence-electron chi connectivity index (χ3n) is 3.65. The van der Waals surface area contributed by atoms with Gasteiger partial charge in [-0.2, -0.15) is 0 Å². The van der Waals surface area contributed by atoms with Crippen LogP contribution in [0.5, 0.6) is 5.75 Å². The van der Waals surface area contributed by atoms with Crippen LogP contribution in [0.4, 0.5) is 0 Å². The van der Waals surface area contributed by atoms with Crippen LogP contribution in [-0.2, 0) is 0 Å². The third kappa shape index (κ3) is 2.87. The minimum Gasteiger partial charge on any atom is -0.487 e. The molecular formula is C17H16BrNO2. The van der Waals surface area contributed by atoms with Gasteiger partial charge in [0.2, 0.25) is 0 Å². The summed E-state index contributed by atoms with van der Waals surface area (Å²) in [5, 5.41) is 3.17. The normalized spacial score (nSPS) is 14.6. The van der Waals surface area contributed by atoms with E-state index in [1.165, 1.54) is 0 Å². The molecule has 4 heteroatoms. The average molecular weight is 346 g/mol. The molecule has 0 atom stereocenters. The van der Waals surface area contributed by atoms with E-state index in [4.69, 9.17) is 4.74 Å². The number of benzene rings is 2. The average Bonchev–Trinajstić information content (AvgIpc) is 2.47. The van der Waals surface area contributed by atoms with Crippen molar-refractivity contribution in [3.8, 4) is 5.75 Å². The lowest BCUT2D eigenvalue weighted by atomic mass is 10.00. The van der Waals surface area contributed by atoms with Crippen LogP contribution < -0.4 is 10.1 Å². The summed E-state index contributed by atoms with van der Waals surface area (Å²) < 4.78 is 6.98. The summed E-state index contributed by atoms with van der Waals surface area (Å²) >= 11 is 3.51. The van der Waals surface area contributed by atoms with E-state index in [0.717, 1.165) is 23.1 Å². The Balaban J connectivity index is 2.00. The van der Waals surface area contributed by atoms with Gasteiger partial charge in [0.25, 0.3) is 0 Å². The van der Waals surface area contributed by atoms with E-state index in [1.54, 1.807) is 0 Å². The number of carbonyl (C=O) groups is 1. The highest BCUT2D eigenvalue weighted by atomic mass is 79.9. The molecule has 0 amide bonds. The predicted octanol–water partition coefficient (Wildman–Crippen LogP) is 3.34. The molecule has 108 valence electrons. The van der Waals surface area contributed by atoms with Gasteiger partial charge in [-0.3, -0.25) is 4.79 Å². The minimum absolute atomic E-state index is 0.00603. The van der Waals surface area contributed by atoms with Crippen molar-refractivity contribution < 1.29 is 9.53 Å². The summed E-state index contributed by atoms with van der Waals surface area (Å²) in [5.41, 5.74) is 2.26. The maximum atomic E-state index is 12.7. The molecule has 1 aliphatic rings. The fourth-order valence-electron chi connectivity index (χ4n) is 2.26. The van der Waals surface area contributed by atoms with E-state index < -0.39 is 0 Å². The van der Waals surface area contributed by atoms with Crippen molar-refractivity contribution in [2.75, 3.05) is 13.1 Å². The van der Waals surface area contributed by atoms with Crippen molar-refractivity contribution in [1.29, 1.82) is 0 Å². The van der Waals surface area contributed by atoms with Gasteiger partial charge in [-0.05, 0) is 19.1 Å². The Morgan fingerprint density at radius 2 is 1.90 bits per heavy atom. The molecule has 21 heavy (non-hydrogen) atoms. The number of hydrogen-bond acceptors (Lipinski definition) is 3. The second kappa shape index (κ2) is 6.00. The summed E-state index contributed by atoms with van der Waals surface area (Å²) in [7, 11) is 0. The Kier molecular flexibility index (Phi) is 4.08. The van der Waals surface area contributed by atoms with E-state index in [9.17, 15) is 4.79 Å². The summed E-state index contributed by atoms with van der Waals surface area (Å²) in [6.07, 6.45) is 0.139. The van der Waals surface area contributed by atoms with Crippen molar-refractivity contribution in [3.63, 3.8) is 0 Å². The quantitative estimate of drug-likeness (QED) is 0.863. The first-order valence-electron chi connectivity index (χ1n) is 6.93. The molecule has 1 saturated heterocycles. The van der Waals surface area contributed by atoms with Gasteiger partial charge in [-0.15, -0.1) is 0 Å². The molecule has 0 bridgehead atoms. The van der Waals surface area contributed by atoms with E-state index in [1.807, 2.05) is 49.4 Å². The lowest BCUT2D eigenvalue weighted by molar-refractivity contribution is 0.102. The van der Waals surface area contributed by atoms with Gasteiger partial charge in [-0.25, -0.2) is 0 Å². The number of ether oxygens (including phenoxy) is 1. The number of ketones is 1. The first kappa shape index (κ1) is 14.3. The molecule has 2 aromatic carbocycles. The maximum absolute atomic E-state index is 12.7. The third-order valence-corrected chi connectivity index (χ3v) is 4.51. The fraction of sp³-hybridized carbons (Fsp3) is 0.235. The number of halogens is 1. The summed E-state index contributed by atoms with van der Waals surface area (Å²) in [6.45, 7) is 3.61. The van der Waals surface area contributed by atoms with Gasteiger partial charge < -0.3 is 10.1 Å². The number of hydrogen-bond donors (Lipinski definition) is 1. The van der Waals surface area contributed by atoms with Crippen molar-refractivity contribution >= 4 is 21.7 Å². The van der Waals surface area contributed by atoms with E-state index in [-0.39, 0.29) is 11.9 Å². The van der Waals surface area contributed by atoms with Crippen LogP contribution in [0.1, 0.15) is 21.5 Å². The molecule has 2 aromatic rings. The molecule has 1 fully saturated rings. The molecule has 0 unspecified atom stereocenters. The molecule has 0 aromatic heterocycles. The molecule has 3 nitrogen and oxygen atoms in total. The number of carbonyl (C=O) groups excluding carboxylic acids is 1. The van der Waals surface area contributed by atoms with Gasteiger partial charge in [0.05, 0.1) is 5.56 Å². The number of rotatable bonds is 4. The Morgan fingerprint density at radius 1 is 1.19 bits per heavy atom. The van der Waals surface area contributed by atoms with Crippen LogP contribution in [0.3, 0.4) is 0 Å². The van der Waals surface area contributed by atoms with E-state index in [0.29, 0.717) is 16.9 Å². The first-order chi connectivity index (χ1) is 10.2. The Labute approximate surface area is 132 Å². The van der Waals surface area contributed by atoms with E-state index in [2.05, 4.69) is 21.2 Å². The summed E-state index contributed by atoms with van der Waals surface area (Å²) in [6, 6.07) is 13.0. The smallest absolute Gasteiger partial charge is 0.196 e. The minimum atomic E-state index is -0.00603. The Hall–Kier alpha value is -1.65. The highest BCUT2D eigenvalue weighted by Gasteiger charge is 2.24. The molecule has 1 heterocycles. The SMILES string of the molecule is Cc1c(Br)ccc(C(=O)c2ccccc2)c1OC1CNC1. The van der Waals surface area contributed by atoms with Crippen LogP contribution in [0.2, 0.25) is 0 Å². The molecule has 1 N–H and O–H groups in total. The van der Waals surface area contributed by atoms with Crippen LogP contribution in [0, 0.1) is 6.92 Å². The lowest BCUT2D eigenvalue weighted by Crippen LogP contribution is -2.50. The number of nitrogens with one attached hydrogen (secondary N) is 1. The highest BCUT2D eigenvalue weighted by Crippen LogP contribution is 2.32. The monoisotopic (exact) mass is 345 g/mol. The predicted molar refractivity (Wildman–Crippen MR) is 86.0 cm³/mol. The van der Waals surface area contributed by atoms with Gasteiger partial charge in [-0.1, -0.05) is 46.3 Å². The lowest BCUT2D eigenvalue weighted by Gasteiger charge is -2.29. The molecule has 3 rings (SSSR count). The zero-order valence-electron chi connectivity index (χ0n) is 11.7. The van der Waals surface area contributed by atoms with Crippen LogP contribution in [0.15, 0.2) is 46.9 Å². The first-order valence-corrected chi connectivity index (χ1v) is 7.72. The van der Waals surface area contributed by atoms with Crippen molar-refractivity contribution in [3.05, 3.63) is 63.6 Å². The summed E-state index contributed by atoms with van der Waals surface area (Å²) in [4.78, 5) is 12.7. The van der Waals surface area contributed by atoms with Gasteiger partial charge in [0.1, 0.15) is 11.9 Å². The molecule has 0 radical (unpaired) electrons. The standard InChI is InChI=1S/C17H16BrNO2/c1-11-15(18)8-7-14(17(11)21-13-9-19-10-13)16(20)12-5-3-2-4-6-12/h2-8,13,19H,9-10H2,1H3. The molecule has 0 saturated carbocycles. The van der Waals surface area contributed by atoms with E-state index >= 15 is 0 Å². The molecule has 0 aliphatic carbocycles. The topological polar surface area (TPSA) is 38.3 Å². The van der Waals surface area contributed by atoms with Gasteiger partial charge >= 0.3 is 0 Å². The Morgan fingerprint density at radius 3 is 2.52 bits per heavy atom. The zero-order valence-corrected chi connectivity index (χ0v) is 13.3. The maximum Gasteiger partial charge on any atom is 0.196 e. The largest absolute Gasteiger partial charge is 0.487 e. The van der Waals surface area contributed by atoms with Crippen LogP contribution >= 0.6 is 15.9 Å². The second-order valence-corrected chi connectivity index (χ2v) is 6.00. The Bertz CT molecular complexity index is 666. The summed E-state index contributed by atoms with van der Waals surface area (Å²) in [5.74, 6) is 0.679.